The highest BCUT2D eigenvalue weighted by atomic mass is 16.5. The summed E-state index contributed by atoms with van der Waals surface area (Å²) < 4.78 is 13.3. The van der Waals surface area contributed by atoms with Crippen LogP contribution in [0.2, 0.25) is 0 Å². The Balaban J connectivity index is 1.27. The highest BCUT2D eigenvalue weighted by Crippen LogP contribution is 2.52. The topological polar surface area (TPSA) is 21.7 Å². The number of aryl methyl sites for hydroxylation is 16. The molecule has 3 heteroatoms. The molecule has 0 saturated heterocycles. The van der Waals surface area contributed by atoms with Gasteiger partial charge in [0, 0.05) is 48.0 Å². The van der Waals surface area contributed by atoms with E-state index in [2.05, 4.69) is 298 Å². The zero-order valence-electron chi connectivity index (χ0n) is 56.2. The molecule has 0 spiro atoms. The van der Waals surface area contributed by atoms with Crippen molar-refractivity contribution >= 4 is 5.69 Å². The summed E-state index contributed by atoms with van der Waals surface area (Å²) >= 11 is 0. The number of anilines is 1. The van der Waals surface area contributed by atoms with Crippen molar-refractivity contribution in [1.29, 1.82) is 0 Å². The van der Waals surface area contributed by atoms with Gasteiger partial charge >= 0.3 is 0 Å². The fourth-order valence-electron chi connectivity index (χ4n) is 15.7. The first-order valence-corrected chi connectivity index (χ1v) is 32.0. The summed E-state index contributed by atoms with van der Waals surface area (Å²) in [6, 6.07) is 66.8. The first kappa shape index (κ1) is 62.0. The molecule has 0 radical (unpaired) electrons. The number of ether oxygens (including phenoxy) is 2. The second kappa shape index (κ2) is 25.4. The van der Waals surface area contributed by atoms with Crippen LogP contribution >= 0.6 is 0 Å². The Morgan fingerprint density at radius 2 is 0.461 bits per heavy atom. The Morgan fingerprint density at radius 1 is 0.270 bits per heavy atom. The summed E-state index contributed by atoms with van der Waals surface area (Å²) in [4.78, 5) is 2.65. The molecule has 0 aromatic heterocycles. The van der Waals surface area contributed by atoms with Gasteiger partial charge in [-0.05, 0) is 207 Å². The van der Waals surface area contributed by atoms with Crippen molar-refractivity contribution < 1.29 is 9.47 Å². The molecule has 10 aromatic carbocycles. The third-order valence-electron chi connectivity index (χ3n) is 18.2. The van der Waals surface area contributed by atoms with E-state index in [0.29, 0.717) is 6.54 Å². The molecule has 0 amide bonds. The van der Waals surface area contributed by atoms with Gasteiger partial charge in [-0.1, -0.05) is 241 Å². The fourth-order valence-corrected chi connectivity index (χ4v) is 15.7. The van der Waals surface area contributed by atoms with Crippen molar-refractivity contribution in [2.24, 2.45) is 0 Å². The monoisotopic (exact) mass is 1170 g/mol. The maximum absolute atomic E-state index is 6.64. The molecule has 3 nitrogen and oxygen atoms in total. The lowest BCUT2D eigenvalue weighted by molar-refractivity contribution is 0.413. The Kier molecular flexibility index (Phi) is 17.7. The number of rotatable bonds is 16. The standard InChI is InChI=1S/C86H91NO2/c1-50-21-51(2)30-67(29-50)81(68-31-52(3)22-53(4)32-68)77-45-75(88-17)46-78(82(69-33-54(5)23-55(6)34-69)70-35-56(7)24-57(8)36-70)85(77)66-19-20-87(49-66)86-79(83(71-37-58(9)25-59(10)38-71)72-39-60(11)26-61(12)40-72)47-76(89-18)48-80(86)84(73-41-62(13)27-63(14)42-73)74-43-64(15)28-65(16)44-74/h19-48,66,81-84H,49H2,1-18H3. The molecule has 0 saturated carbocycles. The average molecular weight is 1170 g/mol. The van der Waals surface area contributed by atoms with Crippen molar-refractivity contribution in [3.05, 3.63) is 343 Å². The molecule has 11 rings (SSSR count). The molecular weight excluding hydrogens is 1080 g/mol. The minimum atomic E-state index is -0.160. The Morgan fingerprint density at radius 3 is 0.663 bits per heavy atom. The quantitative estimate of drug-likeness (QED) is 0.0900. The van der Waals surface area contributed by atoms with Crippen LogP contribution in [0.4, 0.5) is 5.69 Å². The van der Waals surface area contributed by atoms with E-state index in [0.717, 1.165) is 11.5 Å². The largest absolute Gasteiger partial charge is 0.497 e. The molecule has 452 valence electrons. The van der Waals surface area contributed by atoms with Crippen molar-refractivity contribution in [2.75, 3.05) is 25.7 Å². The molecule has 0 N–H and O–H groups in total. The average Bonchev–Trinajstić information content (AvgIpc) is 1.74. The van der Waals surface area contributed by atoms with Crippen LogP contribution in [-0.4, -0.2) is 20.8 Å². The summed E-state index contributed by atoms with van der Waals surface area (Å²) in [6.07, 6.45) is 4.99. The van der Waals surface area contributed by atoms with Crippen LogP contribution in [0.5, 0.6) is 11.5 Å². The van der Waals surface area contributed by atoms with Gasteiger partial charge in [0.25, 0.3) is 0 Å². The minimum Gasteiger partial charge on any atom is -0.497 e. The minimum absolute atomic E-state index is 0.0888. The summed E-state index contributed by atoms with van der Waals surface area (Å²) in [6.45, 7) is 36.6. The van der Waals surface area contributed by atoms with E-state index >= 15 is 0 Å². The van der Waals surface area contributed by atoms with E-state index in [4.69, 9.17) is 9.47 Å². The normalized spacial score (nSPS) is 13.2. The maximum atomic E-state index is 6.64. The molecule has 0 bridgehead atoms. The van der Waals surface area contributed by atoms with Crippen LogP contribution in [0.3, 0.4) is 0 Å². The number of nitrogens with zero attached hydrogens (tertiary/aromatic N) is 1. The molecule has 1 atom stereocenters. The zero-order valence-corrected chi connectivity index (χ0v) is 56.2. The summed E-state index contributed by atoms with van der Waals surface area (Å²) in [7, 11) is 3.69. The first-order chi connectivity index (χ1) is 42.5. The highest BCUT2D eigenvalue weighted by Gasteiger charge is 2.37. The number of benzene rings is 10. The third kappa shape index (κ3) is 13.4. The lowest BCUT2D eigenvalue weighted by atomic mass is 9.72. The number of hydrogen-bond acceptors (Lipinski definition) is 3. The zero-order chi connectivity index (χ0) is 63.3. The second-order valence-corrected chi connectivity index (χ2v) is 27.1. The SMILES string of the molecule is COc1cc(C(c2cc(C)cc(C)c2)c2cc(C)cc(C)c2)c(C2C=CN(c3c(C(c4cc(C)cc(C)c4)c4cc(C)cc(C)c4)cc(OC)cc3C(c3cc(C)cc(C)c3)c3cc(C)cc(C)c3)C2)c(C(c2cc(C)cc(C)c2)c2cc(C)cc(C)c2)c1. The second-order valence-electron chi connectivity index (χ2n) is 27.1. The van der Waals surface area contributed by atoms with E-state index < -0.39 is 0 Å². The molecule has 1 unspecified atom stereocenters. The summed E-state index contributed by atoms with van der Waals surface area (Å²) in [5, 5.41) is 0. The lowest BCUT2D eigenvalue weighted by Crippen LogP contribution is -2.24. The Hall–Kier alpha value is -8.66. The molecule has 89 heavy (non-hydrogen) atoms. The van der Waals surface area contributed by atoms with Crippen LogP contribution in [0, 0.1) is 111 Å². The predicted octanol–water partition coefficient (Wildman–Crippen LogP) is 21.5. The van der Waals surface area contributed by atoms with Crippen LogP contribution in [-0.2, 0) is 0 Å². The van der Waals surface area contributed by atoms with E-state index in [9.17, 15) is 0 Å². The maximum Gasteiger partial charge on any atom is 0.119 e. The van der Waals surface area contributed by atoms with E-state index in [1.807, 2.05) is 14.2 Å². The van der Waals surface area contributed by atoms with Gasteiger partial charge in [-0.25, -0.2) is 0 Å². The van der Waals surface area contributed by atoms with Crippen molar-refractivity contribution in [1.82, 2.24) is 0 Å². The molecule has 0 aliphatic carbocycles. The molecule has 0 fully saturated rings. The smallest absolute Gasteiger partial charge is 0.119 e. The van der Waals surface area contributed by atoms with Gasteiger partial charge in [0.15, 0.2) is 0 Å². The van der Waals surface area contributed by atoms with Crippen molar-refractivity contribution in [2.45, 2.75) is 140 Å². The van der Waals surface area contributed by atoms with Gasteiger partial charge in [-0.3, -0.25) is 0 Å². The van der Waals surface area contributed by atoms with Crippen molar-refractivity contribution in [3.8, 4) is 11.5 Å². The van der Waals surface area contributed by atoms with Crippen LogP contribution in [0.15, 0.2) is 182 Å². The highest BCUT2D eigenvalue weighted by molar-refractivity contribution is 5.74. The number of hydrogen-bond donors (Lipinski definition) is 0. The number of methoxy groups -OCH3 is 2. The molecule has 1 heterocycles. The Labute approximate surface area is 533 Å². The molecular formula is C86H91NO2. The summed E-state index contributed by atoms with van der Waals surface area (Å²) in [5.41, 5.74) is 37.5. The van der Waals surface area contributed by atoms with Gasteiger partial charge in [0.2, 0.25) is 0 Å². The van der Waals surface area contributed by atoms with Gasteiger partial charge in [0.05, 0.1) is 14.2 Å². The predicted molar refractivity (Wildman–Crippen MR) is 376 cm³/mol. The van der Waals surface area contributed by atoms with Gasteiger partial charge < -0.3 is 14.4 Å². The Bertz CT molecular complexity index is 3480. The van der Waals surface area contributed by atoms with E-state index in [1.54, 1.807) is 0 Å². The van der Waals surface area contributed by atoms with Crippen LogP contribution in [0.1, 0.15) is 191 Å². The first-order valence-electron chi connectivity index (χ1n) is 32.0. The van der Waals surface area contributed by atoms with E-state index in [1.165, 1.54) is 167 Å². The van der Waals surface area contributed by atoms with Crippen LogP contribution < -0.4 is 14.4 Å². The fraction of sp³-hybridized carbons (Fsp3) is 0.279. The lowest BCUT2D eigenvalue weighted by Gasteiger charge is -2.35. The van der Waals surface area contributed by atoms with Gasteiger partial charge in [0.1, 0.15) is 11.5 Å². The third-order valence-corrected chi connectivity index (χ3v) is 18.2. The summed E-state index contributed by atoms with van der Waals surface area (Å²) in [5.74, 6) is 1.01. The van der Waals surface area contributed by atoms with Crippen LogP contribution in [0.25, 0.3) is 0 Å². The molecule has 10 aromatic rings. The molecule has 1 aliphatic heterocycles. The van der Waals surface area contributed by atoms with E-state index in [-0.39, 0.29) is 29.6 Å². The molecule has 1 aliphatic rings. The van der Waals surface area contributed by atoms with Crippen molar-refractivity contribution in [3.63, 3.8) is 0 Å². The van der Waals surface area contributed by atoms with Gasteiger partial charge in [-0.15, -0.1) is 0 Å². The van der Waals surface area contributed by atoms with Gasteiger partial charge in [-0.2, -0.15) is 0 Å².